The molecular weight excluding hydrogens is 449 g/mol. The zero-order valence-electron chi connectivity index (χ0n) is 18.5. The van der Waals surface area contributed by atoms with Crippen LogP contribution in [-0.4, -0.2) is 36.9 Å². The molecule has 0 bridgehead atoms. The van der Waals surface area contributed by atoms with Gasteiger partial charge < -0.3 is 19.5 Å². The third-order valence-corrected chi connectivity index (χ3v) is 5.56. The van der Waals surface area contributed by atoms with Crippen molar-refractivity contribution in [3.05, 3.63) is 77.8 Å². The molecule has 0 radical (unpaired) electrons. The number of hydrogen-bond donors (Lipinski definition) is 1. The lowest BCUT2D eigenvalue weighted by atomic mass is 10.1. The SMILES string of the molecule is C[C@@H](NC(=O)[C@H]1C[C@@H]1c1ccc(OCC2=CC=CCO2)cc1)c1ccc(OCC(F)(F)F)cn1. The average Bonchev–Trinajstić information content (AvgIpc) is 3.63. The molecule has 3 atom stereocenters. The van der Waals surface area contributed by atoms with E-state index in [1.165, 1.54) is 12.3 Å². The monoisotopic (exact) mass is 474 g/mol. The zero-order valence-corrected chi connectivity index (χ0v) is 18.5. The molecule has 1 N–H and O–H groups in total. The van der Waals surface area contributed by atoms with Crippen LogP contribution in [0.1, 0.15) is 36.6 Å². The number of halogens is 3. The van der Waals surface area contributed by atoms with E-state index in [1.807, 2.05) is 42.5 Å². The maximum atomic E-state index is 12.7. The van der Waals surface area contributed by atoms with Crippen molar-refractivity contribution >= 4 is 5.91 Å². The standard InChI is InChI=1S/C25H25F3N2O4/c1-16(23-10-9-19(13-29-23)34-15-25(26,27)28)30-24(31)22-12-21(22)17-5-7-18(8-6-17)33-14-20-4-2-3-11-32-20/h2-10,13,16,21-22H,11-12,14-15H2,1H3,(H,30,31)/t16-,21-,22+/m1/s1. The van der Waals surface area contributed by atoms with Gasteiger partial charge in [-0.3, -0.25) is 9.78 Å². The third kappa shape index (κ3) is 6.52. The van der Waals surface area contributed by atoms with Crippen molar-refractivity contribution in [2.75, 3.05) is 19.8 Å². The number of rotatable bonds is 9. The Morgan fingerprint density at radius 3 is 2.59 bits per heavy atom. The van der Waals surface area contributed by atoms with Crippen LogP contribution < -0.4 is 14.8 Å². The molecular formula is C25H25F3N2O4. The predicted octanol–water partition coefficient (Wildman–Crippen LogP) is 4.85. The molecule has 2 aliphatic rings. The number of carbonyl (C=O) groups is 1. The first kappa shape index (κ1) is 23.7. The van der Waals surface area contributed by atoms with Gasteiger partial charge in [0.1, 0.15) is 30.5 Å². The van der Waals surface area contributed by atoms with Gasteiger partial charge in [0.2, 0.25) is 5.91 Å². The Labute approximate surface area is 195 Å². The number of ether oxygens (including phenoxy) is 3. The quantitative estimate of drug-likeness (QED) is 0.563. The number of nitrogens with one attached hydrogen (secondary N) is 1. The van der Waals surface area contributed by atoms with Gasteiger partial charge in [0.15, 0.2) is 6.61 Å². The molecule has 1 aromatic carbocycles. The van der Waals surface area contributed by atoms with E-state index >= 15 is 0 Å². The summed E-state index contributed by atoms with van der Waals surface area (Å²) in [6.07, 6.45) is 3.30. The maximum Gasteiger partial charge on any atom is 0.422 e. The molecule has 4 rings (SSSR count). The summed E-state index contributed by atoms with van der Waals surface area (Å²) in [5, 5.41) is 2.93. The van der Waals surface area contributed by atoms with Crippen LogP contribution in [0.3, 0.4) is 0 Å². The molecule has 0 unspecified atom stereocenters. The van der Waals surface area contributed by atoms with Crippen molar-refractivity contribution < 1.29 is 32.2 Å². The Balaban J connectivity index is 1.24. The molecule has 1 aromatic heterocycles. The smallest absolute Gasteiger partial charge is 0.422 e. The van der Waals surface area contributed by atoms with Gasteiger partial charge in [0, 0.05) is 5.92 Å². The zero-order chi connectivity index (χ0) is 24.1. The van der Waals surface area contributed by atoms with E-state index in [1.54, 1.807) is 13.0 Å². The number of aromatic nitrogens is 1. The second kappa shape index (κ2) is 10.2. The van der Waals surface area contributed by atoms with Crippen LogP contribution in [0.15, 0.2) is 66.6 Å². The Morgan fingerprint density at radius 2 is 1.94 bits per heavy atom. The normalized spacial score (nSPS) is 20.1. The van der Waals surface area contributed by atoms with Crippen molar-refractivity contribution in [1.82, 2.24) is 10.3 Å². The molecule has 1 amide bonds. The van der Waals surface area contributed by atoms with Crippen molar-refractivity contribution in [3.8, 4) is 11.5 Å². The molecule has 1 aliphatic carbocycles. The summed E-state index contributed by atoms with van der Waals surface area (Å²) in [7, 11) is 0. The molecule has 34 heavy (non-hydrogen) atoms. The first-order valence-electron chi connectivity index (χ1n) is 11.0. The van der Waals surface area contributed by atoms with Crippen molar-refractivity contribution in [1.29, 1.82) is 0 Å². The number of carbonyl (C=O) groups excluding carboxylic acids is 1. The van der Waals surface area contributed by atoms with Gasteiger partial charge in [-0.25, -0.2) is 0 Å². The van der Waals surface area contributed by atoms with Gasteiger partial charge in [-0.05, 0) is 61.2 Å². The van der Waals surface area contributed by atoms with E-state index in [0.29, 0.717) is 18.9 Å². The fraction of sp³-hybridized carbons (Fsp3) is 0.360. The Morgan fingerprint density at radius 1 is 1.18 bits per heavy atom. The lowest BCUT2D eigenvalue weighted by Crippen LogP contribution is -2.29. The van der Waals surface area contributed by atoms with Gasteiger partial charge in [-0.2, -0.15) is 13.2 Å². The predicted molar refractivity (Wildman–Crippen MR) is 118 cm³/mol. The highest BCUT2D eigenvalue weighted by molar-refractivity contribution is 5.83. The minimum Gasteiger partial charge on any atom is -0.490 e. The van der Waals surface area contributed by atoms with Gasteiger partial charge in [-0.1, -0.05) is 18.2 Å². The highest BCUT2D eigenvalue weighted by Crippen LogP contribution is 2.48. The first-order chi connectivity index (χ1) is 16.3. The number of hydrogen-bond acceptors (Lipinski definition) is 5. The molecule has 2 aromatic rings. The highest BCUT2D eigenvalue weighted by Gasteiger charge is 2.44. The minimum absolute atomic E-state index is 0.0223. The Hall–Kier alpha value is -3.49. The summed E-state index contributed by atoms with van der Waals surface area (Å²) >= 11 is 0. The third-order valence-electron chi connectivity index (χ3n) is 5.56. The number of alkyl halides is 3. The van der Waals surface area contributed by atoms with Crippen molar-refractivity contribution in [2.45, 2.75) is 31.5 Å². The lowest BCUT2D eigenvalue weighted by Gasteiger charge is -2.15. The lowest BCUT2D eigenvalue weighted by molar-refractivity contribution is -0.153. The summed E-state index contributed by atoms with van der Waals surface area (Å²) < 4.78 is 52.6. The molecule has 6 nitrogen and oxygen atoms in total. The molecule has 2 heterocycles. The molecule has 1 saturated carbocycles. The molecule has 0 saturated heterocycles. The second-order valence-corrected chi connectivity index (χ2v) is 8.23. The van der Waals surface area contributed by atoms with Crippen LogP contribution in [0, 0.1) is 5.92 Å². The summed E-state index contributed by atoms with van der Waals surface area (Å²) in [5.41, 5.74) is 1.61. The number of benzene rings is 1. The van der Waals surface area contributed by atoms with Crippen LogP contribution in [0.4, 0.5) is 13.2 Å². The van der Waals surface area contributed by atoms with Gasteiger partial charge in [0.25, 0.3) is 0 Å². The number of pyridine rings is 1. The summed E-state index contributed by atoms with van der Waals surface area (Å²) in [6, 6.07) is 10.3. The summed E-state index contributed by atoms with van der Waals surface area (Å²) in [5.74, 6) is 1.46. The van der Waals surface area contributed by atoms with Gasteiger partial charge in [-0.15, -0.1) is 0 Å². The Bertz CT molecular complexity index is 1050. The van der Waals surface area contributed by atoms with E-state index < -0.39 is 12.8 Å². The number of amides is 1. The van der Waals surface area contributed by atoms with Gasteiger partial charge >= 0.3 is 6.18 Å². The van der Waals surface area contributed by atoms with Crippen molar-refractivity contribution in [2.24, 2.45) is 5.92 Å². The fourth-order valence-corrected chi connectivity index (χ4v) is 3.64. The van der Waals surface area contributed by atoms with Crippen LogP contribution >= 0.6 is 0 Å². The molecule has 9 heteroatoms. The molecule has 0 spiro atoms. The fourth-order valence-electron chi connectivity index (χ4n) is 3.64. The number of allylic oxidation sites excluding steroid dienone is 2. The summed E-state index contributed by atoms with van der Waals surface area (Å²) in [6.45, 7) is 1.32. The van der Waals surface area contributed by atoms with Crippen LogP contribution in [0.25, 0.3) is 0 Å². The average molecular weight is 474 g/mol. The van der Waals surface area contributed by atoms with Crippen LogP contribution in [0.5, 0.6) is 11.5 Å². The molecule has 1 aliphatic heterocycles. The Kier molecular flexibility index (Phi) is 7.09. The largest absolute Gasteiger partial charge is 0.490 e. The summed E-state index contributed by atoms with van der Waals surface area (Å²) in [4.78, 5) is 16.8. The second-order valence-electron chi connectivity index (χ2n) is 8.23. The number of nitrogens with zero attached hydrogens (tertiary/aromatic N) is 1. The molecule has 180 valence electrons. The van der Waals surface area contributed by atoms with E-state index in [9.17, 15) is 18.0 Å². The van der Waals surface area contributed by atoms with Crippen LogP contribution in [0.2, 0.25) is 0 Å². The van der Waals surface area contributed by atoms with E-state index in [2.05, 4.69) is 15.0 Å². The van der Waals surface area contributed by atoms with Crippen LogP contribution in [-0.2, 0) is 9.53 Å². The van der Waals surface area contributed by atoms with Gasteiger partial charge in [0.05, 0.1) is 17.9 Å². The topological polar surface area (TPSA) is 69.7 Å². The first-order valence-corrected chi connectivity index (χ1v) is 11.0. The maximum absolute atomic E-state index is 12.7. The highest BCUT2D eigenvalue weighted by atomic mass is 19.4. The molecule has 1 fully saturated rings. The van der Waals surface area contributed by atoms with Crippen molar-refractivity contribution in [3.63, 3.8) is 0 Å². The minimum atomic E-state index is -4.41. The van der Waals surface area contributed by atoms with E-state index in [-0.39, 0.29) is 29.5 Å². The van der Waals surface area contributed by atoms with E-state index in [4.69, 9.17) is 9.47 Å². The van der Waals surface area contributed by atoms with E-state index in [0.717, 1.165) is 23.5 Å².